The second-order valence-electron chi connectivity index (χ2n) is 7.88. The van der Waals surface area contributed by atoms with Gasteiger partial charge in [0, 0.05) is 24.0 Å². The third kappa shape index (κ3) is 5.14. The highest BCUT2D eigenvalue weighted by atomic mass is 35.5. The smallest absolute Gasteiger partial charge is 0.416 e. The maximum Gasteiger partial charge on any atom is 0.416 e. The Kier molecular flexibility index (Phi) is 6.17. The summed E-state index contributed by atoms with van der Waals surface area (Å²) in [7, 11) is 0. The number of benzene rings is 2. The second kappa shape index (κ2) is 9.42. The topological polar surface area (TPSA) is 63.2 Å². The van der Waals surface area contributed by atoms with E-state index < -0.39 is 11.7 Å². The molecule has 10 heteroatoms. The number of hydrogen-bond acceptors (Lipinski definition) is 6. The van der Waals surface area contributed by atoms with Gasteiger partial charge in [-0.15, -0.1) is 0 Å². The van der Waals surface area contributed by atoms with Gasteiger partial charge in [-0.2, -0.15) is 23.1 Å². The van der Waals surface area contributed by atoms with Gasteiger partial charge in [-0.3, -0.25) is 0 Å². The number of halogens is 4. The lowest BCUT2D eigenvalue weighted by Gasteiger charge is -2.30. The van der Waals surface area contributed by atoms with Gasteiger partial charge in [0.1, 0.15) is 17.4 Å². The average molecular weight is 498 g/mol. The zero-order valence-corrected chi connectivity index (χ0v) is 19.0. The van der Waals surface area contributed by atoms with E-state index in [1.54, 1.807) is 30.5 Å². The number of rotatable bonds is 5. The van der Waals surface area contributed by atoms with Crippen molar-refractivity contribution in [3.8, 4) is 11.8 Å². The van der Waals surface area contributed by atoms with Crippen molar-refractivity contribution in [3.05, 3.63) is 94.8 Å². The van der Waals surface area contributed by atoms with E-state index in [1.807, 2.05) is 23.1 Å². The maximum atomic E-state index is 13.0. The molecule has 1 N–H and O–H groups in total. The largest absolute Gasteiger partial charge is 0.424 e. The standard InChI is InChI=1S/C25H19ClF3N5O/c26-20-7-4-13-30-23(20)34-14-12-19-21(15-34)32-24(35-18-5-2-1-3-6-18)33-22(19)31-17-10-8-16(9-11-17)25(27,28)29/h1-11,13H,12,14-15H2,(H,31,32,33). The van der Waals surface area contributed by atoms with Crippen molar-refractivity contribution >= 4 is 28.9 Å². The molecule has 0 aliphatic carbocycles. The van der Waals surface area contributed by atoms with Crippen LogP contribution in [-0.4, -0.2) is 21.5 Å². The van der Waals surface area contributed by atoms with Gasteiger partial charge in [0.05, 0.1) is 22.8 Å². The molecule has 0 saturated carbocycles. The van der Waals surface area contributed by atoms with Gasteiger partial charge in [0.15, 0.2) is 0 Å². The van der Waals surface area contributed by atoms with Crippen LogP contribution in [-0.2, 0) is 19.1 Å². The summed E-state index contributed by atoms with van der Waals surface area (Å²) in [6.45, 7) is 1.04. The lowest BCUT2D eigenvalue weighted by molar-refractivity contribution is -0.137. The molecule has 0 radical (unpaired) electrons. The molecule has 0 unspecified atom stereocenters. The van der Waals surface area contributed by atoms with Crippen LogP contribution >= 0.6 is 11.6 Å². The molecule has 3 heterocycles. The summed E-state index contributed by atoms with van der Waals surface area (Å²) < 4.78 is 44.8. The summed E-state index contributed by atoms with van der Waals surface area (Å²) in [5, 5.41) is 3.68. The first-order chi connectivity index (χ1) is 16.9. The molecule has 178 valence electrons. The number of nitrogens with zero attached hydrogens (tertiary/aromatic N) is 4. The molecule has 0 saturated heterocycles. The van der Waals surface area contributed by atoms with E-state index in [4.69, 9.17) is 16.3 Å². The van der Waals surface area contributed by atoms with Crippen molar-refractivity contribution in [1.82, 2.24) is 15.0 Å². The van der Waals surface area contributed by atoms with Gasteiger partial charge < -0.3 is 15.0 Å². The van der Waals surface area contributed by atoms with Crippen molar-refractivity contribution in [1.29, 1.82) is 0 Å². The summed E-state index contributed by atoms with van der Waals surface area (Å²) in [6.07, 6.45) is -2.14. The normalized spacial score (nSPS) is 13.3. The molecule has 5 rings (SSSR count). The summed E-state index contributed by atoms with van der Waals surface area (Å²) in [4.78, 5) is 15.6. The van der Waals surface area contributed by atoms with E-state index >= 15 is 0 Å². The van der Waals surface area contributed by atoms with Crippen LogP contribution in [0.5, 0.6) is 11.8 Å². The maximum absolute atomic E-state index is 13.0. The number of para-hydroxylation sites is 1. The summed E-state index contributed by atoms with van der Waals surface area (Å²) in [5.41, 5.74) is 1.32. The van der Waals surface area contributed by atoms with Gasteiger partial charge >= 0.3 is 12.2 Å². The number of pyridine rings is 1. The van der Waals surface area contributed by atoms with Crippen molar-refractivity contribution in [2.45, 2.75) is 19.1 Å². The van der Waals surface area contributed by atoms with E-state index in [1.165, 1.54) is 12.1 Å². The predicted molar refractivity (Wildman–Crippen MR) is 127 cm³/mol. The Bertz CT molecular complexity index is 1330. The molecule has 0 bridgehead atoms. The summed E-state index contributed by atoms with van der Waals surface area (Å²) >= 11 is 6.35. The minimum atomic E-state index is -4.40. The molecule has 0 amide bonds. The fraction of sp³-hybridized carbons (Fsp3) is 0.160. The lowest BCUT2D eigenvalue weighted by Crippen LogP contribution is -2.32. The first-order valence-electron chi connectivity index (χ1n) is 10.8. The highest BCUT2D eigenvalue weighted by Gasteiger charge is 2.30. The van der Waals surface area contributed by atoms with Gasteiger partial charge in [-0.1, -0.05) is 29.8 Å². The highest BCUT2D eigenvalue weighted by molar-refractivity contribution is 6.32. The first kappa shape index (κ1) is 22.9. The summed E-state index contributed by atoms with van der Waals surface area (Å²) in [5.74, 6) is 1.70. The molecule has 1 aliphatic rings. The van der Waals surface area contributed by atoms with Crippen LogP contribution in [0.3, 0.4) is 0 Å². The number of fused-ring (bicyclic) bond motifs is 1. The van der Waals surface area contributed by atoms with E-state index in [-0.39, 0.29) is 6.01 Å². The molecular formula is C25H19ClF3N5O. The van der Waals surface area contributed by atoms with Gasteiger partial charge in [0.25, 0.3) is 0 Å². The molecule has 0 spiro atoms. The molecule has 0 fully saturated rings. The van der Waals surface area contributed by atoms with Gasteiger partial charge in [-0.25, -0.2) is 4.98 Å². The Balaban J connectivity index is 1.49. The molecule has 2 aromatic heterocycles. The monoisotopic (exact) mass is 497 g/mol. The first-order valence-corrected chi connectivity index (χ1v) is 11.2. The molecule has 0 atom stereocenters. The number of hydrogen-bond donors (Lipinski definition) is 1. The quantitative estimate of drug-likeness (QED) is 0.333. The third-order valence-electron chi connectivity index (χ3n) is 5.51. The fourth-order valence-corrected chi connectivity index (χ4v) is 4.06. The van der Waals surface area contributed by atoms with Crippen LogP contribution in [0, 0.1) is 0 Å². The minimum Gasteiger partial charge on any atom is -0.424 e. The van der Waals surface area contributed by atoms with Crippen molar-refractivity contribution in [2.75, 3.05) is 16.8 Å². The zero-order chi connectivity index (χ0) is 24.4. The van der Waals surface area contributed by atoms with Crippen molar-refractivity contribution in [3.63, 3.8) is 0 Å². The molecule has 1 aliphatic heterocycles. The van der Waals surface area contributed by atoms with Crippen LogP contribution in [0.25, 0.3) is 0 Å². The Labute approximate surface area is 204 Å². The molecule has 4 aromatic rings. The van der Waals surface area contributed by atoms with Crippen LogP contribution in [0.4, 0.5) is 30.5 Å². The lowest BCUT2D eigenvalue weighted by atomic mass is 10.1. The van der Waals surface area contributed by atoms with Gasteiger partial charge in [-0.05, 0) is 55.0 Å². The molecule has 35 heavy (non-hydrogen) atoms. The second-order valence-corrected chi connectivity index (χ2v) is 8.28. The fourth-order valence-electron chi connectivity index (χ4n) is 3.82. The predicted octanol–water partition coefficient (Wildman–Crippen LogP) is 6.64. The Morgan fingerprint density at radius 1 is 0.943 bits per heavy atom. The van der Waals surface area contributed by atoms with Crippen LogP contribution in [0.1, 0.15) is 16.8 Å². The zero-order valence-electron chi connectivity index (χ0n) is 18.3. The third-order valence-corrected chi connectivity index (χ3v) is 5.81. The minimum absolute atomic E-state index is 0.123. The number of anilines is 3. The molecule has 2 aromatic carbocycles. The van der Waals surface area contributed by atoms with Gasteiger partial charge in [0.2, 0.25) is 0 Å². The van der Waals surface area contributed by atoms with E-state index in [0.717, 1.165) is 17.7 Å². The highest BCUT2D eigenvalue weighted by Crippen LogP contribution is 2.34. The van der Waals surface area contributed by atoms with E-state index in [2.05, 4.69) is 20.3 Å². The Morgan fingerprint density at radius 2 is 1.71 bits per heavy atom. The molecular weight excluding hydrogens is 479 g/mol. The van der Waals surface area contributed by atoms with Crippen molar-refractivity contribution < 1.29 is 17.9 Å². The number of ether oxygens (including phenoxy) is 1. The van der Waals surface area contributed by atoms with E-state index in [9.17, 15) is 13.2 Å². The molecule has 6 nitrogen and oxygen atoms in total. The Hall–Kier alpha value is -3.85. The van der Waals surface area contributed by atoms with E-state index in [0.29, 0.717) is 53.3 Å². The van der Waals surface area contributed by atoms with Crippen LogP contribution < -0.4 is 15.0 Å². The van der Waals surface area contributed by atoms with Crippen molar-refractivity contribution in [2.24, 2.45) is 0 Å². The van der Waals surface area contributed by atoms with Crippen LogP contribution in [0.2, 0.25) is 5.02 Å². The number of aromatic nitrogens is 3. The summed E-state index contributed by atoms with van der Waals surface area (Å²) in [6, 6.07) is 17.6. The Morgan fingerprint density at radius 3 is 2.43 bits per heavy atom. The number of alkyl halides is 3. The number of nitrogens with one attached hydrogen (secondary N) is 1. The average Bonchev–Trinajstić information content (AvgIpc) is 2.84. The van der Waals surface area contributed by atoms with Crippen LogP contribution in [0.15, 0.2) is 72.9 Å². The SMILES string of the molecule is FC(F)(F)c1ccc(Nc2nc(Oc3ccccc3)nc3c2CCN(c2ncccc2Cl)C3)cc1.